The van der Waals surface area contributed by atoms with Gasteiger partial charge in [0, 0.05) is 0 Å². The number of carbonyl (C=O) groups excluding carboxylic acids is 1. The molecular formula is C13H7Br2N3OSe. The molecule has 0 radical (unpaired) electrons. The van der Waals surface area contributed by atoms with E-state index in [0.717, 1.165) is 20.3 Å². The Morgan fingerprint density at radius 3 is 2.80 bits per heavy atom. The van der Waals surface area contributed by atoms with Crippen LogP contribution in [0.15, 0.2) is 53.3 Å². The van der Waals surface area contributed by atoms with Gasteiger partial charge >= 0.3 is 138 Å². The number of nitrogens with one attached hydrogen (secondary N) is 1. The summed E-state index contributed by atoms with van der Waals surface area (Å²) in [5, 5.41) is 2.89. The third-order valence-corrected chi connectivity index (χ3v) is 5.00. The van der Waals surface area contributed by atoms with Crippen molar-refractivity contribution in [2.24, 2.45) is 7.92 Å². The van der Waals surface area contributed by atoms with Crippen LogP contribution in [0.4, 0.5) is 17.1 Å². The molecule has 2 aromatic rings. The zero-order chi connectivity index (χ0) is 14.1. The fraction of sp³-hybridized carbons (Fsp3) is 0. The molecule has 100 valence electrons. The van der Waals surface area contributed by atoms with Gasteiger partial charge < -0.3 is 0 Å². The quantitative estimate of drug-likeness (QED) is 0.549. The van der Waals surface area contributed by atoms with Crippen molar-refractivity contribution in [3.63, 3.8) is 0 Å². The van der Waals surface area contributed by atoms with Gasteiger partial charge in [-0.25, -0.2) is 0 Å². The number of hydrogen-bond acceptors (Lipinski definition) is 3. The van der Waals surface area contributed by atoms with Crippen molar-refractivity contribution in [2.75, 3.05) is 5.32 Å². The van der Waals surface area contributed by atoms with E-state index in [1.165, 1.54) is 0 Å². The van der Waals surface area contributed by atoms with Crippen LogP contribution in [0.25, 0.3) is 0 Å². The van der Waals surface area contributed by atoms with Crippen LogP contribution >= 0.6 is 31.9 Å². The van der Waals surface area contributed by atoms with Crippen molar-refractivity contribution in [1.82, 2.24) is 0 Å². The number of halogens is 2. The summed E-state index contributed by atoms with van der Waals surface area (Å²) < 4.78 is 10.3. The van der Waals surface area contributed by atoms with Crippen LogP contribution in [-0.4, -0.2) is 20.5 Å². The second kappa shape index (κ2) is 5.77. The summed E-state index contributed by atoms with van der Waals surface area (Å²) in [6, 6.07) is 11.0. The summed E-state index contributed by atoms with van der Waals surface area (Å²) in [7, 11) is 0. The number of amides is 1. The molecule has 1 amide bonds. The molecule has 1 aliphatic heterocycles. The molecular weight excluding hydrogens is 453 g/mol. The van der Waals surface area contributed by atoms with Crippen molar-refractivity contribution in [1.29, 1.82) is 0 Å². The molecule has 20 heavy (non-hydrogen) atoms. The van der Waals surface area contributed by atoms with E-state index in [-0.39, 0.29) is 20.5 Å². The van der Waals surface area contributed by atoms with Crippen LogP contribution in [0.1, 0.15) is 10.4 Å². The van der Waals surface area contributed by atoms with Crippen LogP contribution in [-0.2, 0) is 0 Å². The monoisotopic (exact) mass is 459 g/mol. The first-order valence-corrected chi connectivity index (χ1v) is 8.74. The van der Waals surface area contributed by atoms with E-state index in [1.807, 2.05) is 30.3 Å². The third-order valence-electron chi connectivity index (χ3n) is 2.71. The van der Waals surface area contributed by atoms with Crippen LogP contribution in [0, 0.1) is 0 Å². The van der Waals surface area contributed by atoms with Crippen LogP contribution in [0.5, 0.6) is 0 Å². The molecule has 0 spiro atoms. The first kappa shape index (κ1) is 13.9. The Kier molecular flexibility index (Phi) is 4.03. The first-order chi connectivity index (χ1) is 9.65. The van der Waals surface area contributed by atoms with E-state index in [0.29, 0.717) is 11.3 Å². The molecule has 0 saturated heterocycles. The van der Waals surface area contributed by atoms with E-state index in [1.54, 1.807) is 6.07 Å². The zero-order valence-electron chi connectivity index (χ0n) is 9.93. The maximum absolute atomic E-state index is 12.3. The molecule has 0 fully saturated rings. The fourth-order valence-electron chi connectivity index (χ4n) is 1.77. The molecule has 4 nitrogen and oxygen atoms in total. The predicted molar refractivity (Wildman–Crippen MR) is 86.2 cm³/mol. The molecule has 1 aliphatic rings. The van der Waals surface area contributed by atoms with E-state index in [2.05, 4.69) is 45.1 Å². The van der Waals surface area contributed by atoms with Crippen molar-refractivity contribution in [3.8, 4) is 0 Å². The fourth-order valence-corrected chi connectivity index (χ4v) is 4.15. The molecule has 1 N–H and O–H groups in total. The molecule has 3 rings (SSSR count). The van der Waals surface area contributed by atoms with Gasteiger partial charge in [-0.1, -0.05) is 0 Å². The van der Waals surface area contributed by atoms with Crippen LogP contribution < -0.4 is 5.32 Å². The Morgan fingerprint density at radius 2 is 2.00 bits per heavy atom. The van der Waals surface area contributed by atoms with Gasteiger partial charge in [0.1, 0.15) is 0 Å². The van der Waals surface area contributed by atoms with Crippen molar-refractivity contribution in [3.05, 3.63) is 50.9 Å². The van der Waals surface area contributed by atoms with Gasteiger partial charge in [0.2, 0.25) is 0 Å². The number of anilines is 1. The van der Waals surface area contributed by atoms with Gasteiger partial charge in [-0.05, 0) is 0 Å². The Bertz CT molecular complexity index is 785. The van der Waals surface area contributed by atoms with Crippen molar-refractivity contribution >= 4 is 69.4 Å². The summed E-state index contributed by atoms with van der Waals surface area (Å²) in [6.07, 6.45) is 0. The Balaban J connectivity index is 1.91. The Hall–Kier alpha value is -1.01. The SMILES string of the molecule is O=C(Nc1cccc2c1N=[Se]=N2)c1ccc(Br)cc1Br. The summed E-state index contributed by atoms with van der Waals surface area (Å²) in [6.45, 7) is 0. The standard InChI is InChI=1S/C13H7Br2N3OSe/c14-7-4-5-8(9(15)6-7)13(19)16-10-2-1-3-11-12(10)18-20-17-11/h1-6H,(H,16,19). The topological polar surface area (TPSA) is 53.8 Å². The van der Waals surface area contributed by atoms with Crippen LogP contribution in [0.3, 0.4) is 0 Å². The maximum atomic E-state index is 12.3. The van der Waals surface area contributed by atoms with Gasteiger partial charge in [0.25, 0.3) is 0 Å². The molecule has 1 heterocycles. The summed E-state index contributed by atoms with van der Waals surface area (Å²) in [5.41, 5.74) is 2.89. The number of carbonyl (C=O) groups is 1. The van der Waals surface area contributed by atoms with Gasteiger partial charge in [-0.15, -0.1) is 0 Å². The van der Waals surface area contributed by atoms with Crippen molar-refractivity contribution < 1.29 is 4.79 Å². The number of rotatable bonds is 2. The van der Waals surface area contributed by atoms with Crippen LogP contribution in [0.2, 0.25) is 0 Å². The molecule has 2 aromatic carbocycles. The minimum absolute atomic E-state index is 0.110. The van der Waals surface area contributed by atoms with Crippen molar-refractivity contribution in [2.45, 2.75) is 0 Å². The average molecular weight is 460 g/mol. The van der Waals surface area contributed by atoms with E-state index < -0.39 is 0 Å². The zero-order valence-corrected chi connectivity index (χ0v) is 14.8. The normalized spacial score (nSPS) is 11.9. The molecule has 0 unspecified atom stereocenters. The van der Waals surface area contributed by atoms with Gasteiger partial charge in [0.05, 0.1) is 0 Å². The molecule has 0 aliphatic carbocycles. The molecule has 7 heteroatoms. The molecule has 0 bridgehead atoms. The average Bonchev–Trinajstić information content (AvgIpc) is 2.87. The first-order valence-electron chi connectivity index (χ1n) is 5.63. The third kappa shape index (κ3) is 2.72. The second-order valence-corrected chi connectivity index (χ2v) is 6.89. The predicted octanol–water partition coefficient (Wildman–Crippen LogP) is 4.81. The number of hydrogen-bond donors (Lipinski definition) is 1. The van der Waals surface area contributed by atoms with Gasteiger partial charge in [0.15, 0.2) is 0 Å². The number of benzene rings is 2. The molecule has 0 saturated carbocycles. The van der Waals surface area contributed by atoms with E-state index in [9.17, 15) is 4.79 Å². The van der Waals surface area contributed by atoms with Gasteiger partial charge in [-0.3, -0.25) is 0 Å². The number of fused-ring (bicyclic) bond motifs is 1. The minimum atomic E-state index is -0.174. The summed E-state index contributed by atoms with van der Waals surface area (Å²) in [4.78, 5) is 12.3. The summed E-state index contributed by atoms with van der Waals surface area (Å²) >= 11 is 6.65. The summed E-state index contributed by atoms with van der Waals surface area (Å²) in [5.74, 6) is -0.174. The second-order valence-electron chi connectivity index (χ2n) is 4.02. The van der Waals surface area contributed by atoms with E-state index >= 15 is 0 Å². The molecule has 0 aromatic heterocycles. The van der Waals surface area contributed by atoms with Gasteiger partial charge in [-0.2, -0.15) is 0 Å². The number of nitrogens with zero attached hydrogens (tertiary/aromatic N) is 2. The Labute approximate surface area is 138 Å². The van der Waals surface area contributed by atoms with E-state index in [4.69, 9.17) is 0 Å². The Morgan fingerprint density at radius 1 is 1.15 bits per heavy atom. The molecule has 0 atom stereocenters.